The van der Waals surface area contributed by atoms with Crippen LogP contribution in [-0.2, 0) is 12.6 Å². The molecule has 0 aromatic heterocycles. The Morgan fingerprint density at radius 3 is 2.12 bits per heavy atom. The molecule has 1 aromatic carbocycles. The van der Waals surface area contributed by atoms with Crippen molar-refractivity contribution in [2.24, 2.45) is 11.7 Å². The predicted octanol–water partition coefficient (Wildman–Crippen LogP) is 2.99. The molecule has 0 heterocycles. The van der Waals surface area contributed by atoms with Gasteiger partial charge in [0.2, 0.25) is 0 Å². The van der Waals surface area contributed by atoms with E-state index in [1.807, 2.05) is 0 Å². The molecule has 2 N–H and O–H groups in total. The van der Waals surface area contributed by atoms with Crippen LogP contribution >= 0.6 is 0 Å². The smallest absolute Gasteiger partial charge is 0.328 e. The monoisotopic (exact) mass is 229 g/mol. The average molecular weight is 229 g/mol. The molecular formula is C12H14F3N. The van der Waals surface area contributed by atoms with Gasteiger partial charge in [0.15, 0.2) is 0 Å². The summed E-state index contributed by atoms with van der Waals surface area (Å²) in [5.74, 6) is 0.548. The van der Waals surface area contributed by atoms with E-state index in [1.54, 1.807) is 12.1 Å². The van der Waals surface area contributed by atoms with Gasteiger partial charge in [-0.3, -0.25) is 0 Å². The van der Waals surface area contributed by atoms with Crippen LogP contribution in [0.25, 0.3) is 0 Å². The molecular weight excluding hydrogens is 215 g/mol. The van der Waals surface area contributed by atoms with Crippen molar-refractivity contribution in [3.05, 3.63) is 35.4 Å². The second-order valence-electron chi connectivity index (χ2n) is 4.50. The van der Waals surface area contributed by atoms with Crippen molar-refractivity contribution in [2.45, 2.75) is 31.5 Å². The molecule has 0 radical (unpaired) electrons. The summed E-state index contributed by atoms with van der Waals surface area (Å²) in [7, 11) is 0. The summed E-state index contributed by atoms with van der Waals surface area (Å²) in [6.07, 6.45) is -1.43. The molecule has 1 saturated carbocycles. The number of benzene rings is 1. The van der Waals surface area contributed by atoms with E-state index in [4.69, 9.17) is 5.73 Å². The number of hydrogen-bond donors (Lipinski definition) is 1. The molecule has 0 unspecified atom stereocenters. The molecule has 1 fully saturated rings. The molecule has 1 nitrogen and oxygen atoms in total. The van der Waals surface area contributed by atoms with Gasteiger partial charge < -0.3 is 5.73 Å². The lowest BCUT2D eigenvalue weighted by molar-refractivity contribution is -0.137. The summed E-state index contributed by atoms with van der Waals surface area (Å²) in [6.45, 7) is 0. The Hall–Kier alpha value is -1.03. The maximum atomic E-state index is 12.3. The Balaban J connectivity index is 1.97. The molecule has 1 aromatic rings. The van der Waals surface area contributed by atoms with Gasteiger partial charge in [0, 0.05) is 6.04 Å². The lowest BCUT2D eigenvalue weighted by Crippen LogP contribution is -2.37. The fraction of sp³-hybridized carbons (Fsp3) is 0.500. The third kappa shape index (κ3) is 2.55. The van der Waals surface area contributed by atoms with E-state index in [0.29, 0.717) is 12.0 Å². The summed E-state index contributed by atoms with van der Waals surface area (Å²) in [6, 6.07) is 5.71. The minimum Gasteiger partial charge on any atom is -0.328 e. The SMILES string of the molecule is NC1CC(Cc2ccc(C(F)(F)F)cc2)C1. The van der Waals surface area contributed by atoms with Gasteiger partial charge in [0.05, 0.1) is 5.56 Å². The Kier molecular flexibility index (Phi) is 2.93. The second kappa shape index (κ2) is 4.09. The molecule has 0 amide bonds. The average Bonchev–Trinajstić information content (AvgIpc) is 2.15. The van der Waals surface area contributed by atoms with Gasteiger partial charge >= 0.3 is 6.18 Å². The van der Waals surface area contributed by atoms with Crippen molar-refractivity contribution >= 4 is 0 Å². The lowest BCUT2D eigenvalue weighted by atomic mass is 9.77. The van der Waals surface area contributed by atoms with E-state index in [1.165, 1.54) is 0 Å². The lowest BCUT2D eigenvalue weighted by Gasteiger charge is -2.32. The summed E-state index contributed by atoms with van der Waals surface area (Å²) in [5.41, 5.74) is 6.04. The zero-order chi connectivity index (χ0) is 11.8. The van der Waals surface area contributed by atoms with Crippen LogP contribution < -0.4 is 5.73 Å². The topological polar surface area (TPSA) is 26.0 Å². The van der Waals surface area contributed by atoms with Gasteiger partial charge in [-0.25, -0.2) is 0 Å². The third-order valence-electron chi connectivity index (χ3n) is 3.08. The third-order valence-corrected chi connectivity index (χ3v) is 3.08. The van der Waals surface area contributed by atoms with Crippen molar-refractivity contribution in [2.75, 3.05) is 0 Å². The minimum atomic E-state index is -4.24. The normalized spacial score (nSPS) is 25.2. The Morgan fingerprint density at radius 1 is 1.12 bits per heavy atom. The van der Waals surface area contributed by atoms with E-state index in [2.05, 4.69) is 0 Å². The van der Waals surface area contributed by atoms with Crippen LogP contribution in [0.2, 0.25) is 0 Å². The molecule has 0 spiro atoms. The van der Waals surface area contributed by atoms with Crippen molar-refractivity contribution in [1.29, 1.82) is 0 Å². The predicted molar refractivity (Wildman–Crippen MR) is 55.8 cm³/mol. The number of rotatable bonds is 2. The van der Waals surface area contributed by atoms with Gasteiger partial charge in [0.25, 0.3) is 0 Å². The van der Waals surface area contributed by atoms with Gasteiger partial charge in [-0.15, -0.1) is 0 Å². The Bertz CT molecular complexity index is 350. The van der Waals surface area contributed by atoms with Gasteiger partial charge in [-0.1, -0.05) is 12.1 Å². The Labute approximate surface area is 92.5 Å². The minimum absolute atomic E-state index is 0.291. The molecule has 0 bridgehead atoms. The zero-order valence-corrected chi connectivity index (χ0v) is 8.80. The number of halogens is 3. The molecule has 0 aliphatic heterocycles. The van der Waals surface area contributed by atoms with Crippen LogP contribution in [0.4, 0.5) is 13.2 Å². The quantitative estimate of drug-likeness (QED) is 0.828. The summed E-state index contributed by atoms with van der Waals surface area (Å²) >= 11 is 0. The highest BCUT2D eigenvalue weighted by Crippen LogP contribution is 2.31. The van der Waals surface area contributed by atoms with E-state index in [-0.39, 0.29) is 0 Å². The summed E-state index contributed by atoms with van der Waals surface area (Å²) in [5, 5.41) is 0. The summed E-state index contributed by atoms with van der Waals surface area (Å²) in [4.78, 5) is 0. The van der Waals surface area contributed by atoms with Gasteiger partial charge in [-0.05, 0) is 42.9 Å². The number of nitrogens with two attached hydrogens (primary N) is 1. The highest BCUT2D eigenvalue weighted by atomic mass is 19.4. The largest absolute Gasteiger partial charge is 0.416 e. The first-order valence-corrected chi connectivity index (χ1v) is 5.37. The highest BCUT2D eigenvalue weighted by molar-refractivity contribution is 5.25. The van der Waals surface area contributed by atoms with Gasteiger partial charge in [0.1, 0.15) is 0 Å². The van der Waals surface area contributed by atoms with Crippen molar-refractivity contribution in [1.82, 2.24) is 0 Å². The van der Waals surface area contributed by atoms with Crippen molar-refractivity contribution in [3.8, 4) is 0 Å². The molecule has 0 atom stereocenters. The molecule has 0 saturated heterocycles. The maximum Gasteiger partial charge on any atom is 0.416 e. The first kappa shape index (κ1) is 11.5. The first-order valence-electron chi connectivity index (χ1n) is 5.37. The number of hydrogen-bond acceptors (Lipinski definition) is 1. The highest BCUT2D eigenvalue weighted by Gasteiger charge is 2.30. The molecule has 1 aliphatic carbocycles. The van der Waals surface area contributed by atoms with Crippen LogP contribution in [0, 0.1) is 5.92 Å². The molecule has 88 valence electrons. The Morgan fingerprint density at radius 2 is 1.69 bits per heavy atom. The van der Waals surface area contributed by atoms with Crippen molar-refractivity contribution < 1.29 is 13.2 Å². The van der Waals surface area contributed by atoms with Crippen LogP contribution in [0.3, 0.4) is 0 Å². The number of alkyl halides is 3. The molecule has 16 heavy (non-hydrogen) atoms. The maximum absolute atomic E-state index is 12.3. The van der Waals surface area contributed by atoms with Crippen molar-refractivity contribution in [3.63, 3.8) is 0 Å². The fourth-order valence-corrected chi connectivity index (χ4v) is 2.12. The van der Waals surface area contributed by atoms with E-state index in [9.17, 15) is 13.2 Å². The second-order valence-corrected chi connectivity index (χ2v) is 4.50. The summed E-state index contributed by atoms with van der Waals surface area (Å²) < 4.78 is 36.9. The molecule has 2 rings (SSSR count). The van der Waals surface area contributed by atoms with E-state index < -0.39 is 11.7 Å². The van der Waals surface area contributed by atoms with Crippen LogP contribution in [0.15, 0.2) is 24.3 Å². The van der Waals surface area contributed by atoms with E-state index >= 15 is 0 Å². The van der Waals surface area contributed by atoms with Crippen LogP contribution in [0.5, 0.6) is 0 Å². The van der Waals surface area contributed by atoms with Crippen LogP contribution in [-0.4, -0.2) is 6.04 Å². The van der Waals surface area contributed by atoms with Gasteiger partial charge in [-0.2, -0.15) is 13.2 Å². The first-order chi connectivity index (χ1) is 7.45. The van der Waals surface area contributed by atoms with Crippen LogP contribution in [0.1, 0.15) is 24.0 Å². The zero-order valence-electron chi connectivity index (χ0n) is 8.80. The fourth-order valence-electron chi connectivity index (χ4n) is 2.12. The van der Waals surface area contributed by atoms with E-state index in [0.717, 1.165) is 37.0 Å². The molecule has 4 heteroatoms. The molecule has 1 aliphatic rings. The standard InChI is InChI=1S/C12H14F3N/c13-12(14,15)10-3-1-8(2-4-10)5-9-6-11(16)7-9/h1-4,9,11H,5-7,16H2.